The van der Waals surface area contributed by atoms with E-state index in [0.717, 1.165) is 61.2 Å². The zero-order valence-corrected chi connectivity index (χ0v) is 21.6. The summed E-state index contributed by atoms with van der Waals surface area (Å²) in [4.78, 5) is 0. The molecule has 3 N–H and O–H groups in total. The zero-order chi connectivity index (χ0) is 25.7. The lowest BCUT2D eigenvalue weighted by Crippen LogP contribution is -2.26. The maximum absolute atomic E-state index is 10.4. The molecule has 3 nitrogen and oxygen atoms in total. The average Bonchev–Trinajstić information content (AvgIpc) is 2.83. The largest absolute Gasteiger partial charge is 0.507 e. The van der Waals surface area contributed by atoms with Crippen molar-refractivity contribution in [1.82, 2.24) is 0 Å². The van der Waals surface area contributed by atoms with Gasteiger partial charge in [-0.05, 0) is 122 Å². The molecule has 35 heavy (non-hydrogen) atoms. The van der Waals surface area contributed by atoms with Gasteiger partial charge in [0.2, 0.25) is 0 Å². The first-order valence-electron chi connectivity index (χ1n) is 12.0. The lowest BCUT2D eigenvalue weighted by molar-refractivity contribution is 0.465. The summed E-state index contributed by atoms with van der Waals surface area (Å²) in [5, 5.41) is 31.0. The van der Waals surface area contributed by atoms with E-state index in [4.69, 9.17) is 0 Å². The number of phenols is 3. The molecule has 4 aromatic rings. The Hall–Kier alpha value is -3.72. The summed E-state index contributed by atoms with van der Waals surface area (Å²) in [6, 6.07) is 20.8. The Morgan fingerprint density at radius 1 is 0.429 bits per heavy atom. The summed E-state index contributed by atoms with van der Waals surface area (Å²) in [5.41, 5.74) is 9.99. The van der Waals surface area contributed by atoms with Crippen molar-refractivity contribution in [3.8, 4) is 28.4 Å². The molecule has 0 fully saturated rings. The number of phenolic OH excluding ortho intramolecular Hbond substituents is 3. The number of aryl methyl sites for hydroxylation is 6. The van der Waals surface area contributed by atoms with Crippen LogP contribution in [-0.4, -0.2) is 15.3 Å². The van der Waals surface area contributed by atoms with E-state index >= 15 is 0 Å². The molecule has 0 aliphatic heterocycles. The molecule has 180 valence electrons. The molecule has 0 saturated carbocycles. The van der Waals surface area contributed by atoms with E-state index in [1.165, 1.54) is 0 Å². The maximum atomic E-state index is 10.4. The van der Waals surface area contributed by atoms with Gasteiger partial charge in [-0.3, -0.25) is 0 Å². The van der Waals surface area contributed by atoms with E-state index in [-0.39, 0.29) is 0 Å². The van der Waals surface area contributed by atoms with Crippen LogP contribution in [0.15, 0.2) is 60.7 Å². The lowest BCUT2D eigenvalue weighted by atomic mass is 9.69. The van der Waals surface area contributed by atoms with Crippen molar-refractivity contribution in [3.63, 3.8) is 0 Å². The predicted molar refractivity (Wildman–Crippen MR) is 144 cm³/mol. The van der Waals surface area contributed by atoms with Gasteiger partial charge >= 0.3 is 0 Å². The molecule has 0 aliphatic rings. The summed E-state index contributed by atoms with van der Waals surface area (Å²) >= 11 is 0. The van der Waals surface area contributed by atoms with Gasteiger partial charge in [-0.2, -0.15) is 0 Å². The Balaban J connectivity index is 1.93. The topological polar surface area (TPSA) is 60.7 Å². The molecule has 4 aromatic carbocycles. The summed E-state index contributed by atoms with van der Waals surface area (Å²) in [6.45, 7) is 13.8. The lowest BCUT2D eigenvalue weighted by Gasteiger charge is -2.33. The van der Waals surface area contributed by atoms with E-state index in [0.29, 0.717) is 17.2 Å². The second-order valence-electron chi connectivity index (χ2n) is 10.1. The highest BCUT2D eigenvalue weighted by atomic mass is 16.3. The summed E-state index contributed by atoms with van der Waals surface area (Å²) in [6.07, 6.45) is 0. The van der Waals surface area contributed by atoms with Crippen LogP contribution in [0.25, 0.3) is 11.1 Å². The minimum absolute atomic E-state index is 0.322. The van der Waals surface area contributed by atoms with Gasteiger partial charge < -0.3 is 15.3 Å². The maximum Gasteiger partial charge on any atom is 0.121 e. The molecule has 0 atom stereocenters. The van der Waals surface area contributed by atoms with Crippen LogP contribution in [-0.2, 0) is 5.41 Å². The average molecular weight is 467 g/mol. The highest BCUT2D eigenvalue weighted by molar-refractivity contribution is 5.68. The first-order valence-corrected chi connectivity index (χ1v) is 12.0. The standard InChI is InChI=1S/C32H34O3/c1-18-12-25(13-19(2)29(18)33)24-8-10-26(11-9-24)32(7,27-14-20(3)30(34)21(4)15-27)28-16-22(5)31(35)23(6)17-28/h8-17,33-35H,1-7H3. The van der Waals surface area contributed by atoms with Crippen molar-refractivity contribution in [2.75, 3.05) is 0 Å². The Labute approximate surface area is 208 Å². The molecule has 0 heterocycles. The number of benzene rings is 4. The Kier molecular flexibility index (Phi) is 6.14. The first-order chi connectivity index (χ1) is 16.4. The van der Waals surface area contributed by atoms with Crippen molar-refractivity contribution in [2.24, 2.45) is 0 Å². The second kappa shape index (κ2) is 8.81. The molecular weight excluding hydrogens is 432 g/mol. The van der Waals surface area contributed by atoms with E-state index in [2.05, 4.69) is 55.5 Å². The first kappa shape index (κ1) is 24.4. The number of aromatic hydroxyl groups is 3. The van der Waals surface area contributed by atoms with E-state index in [1.807, 2.05) is 53.7 Å². The normalized spacial score (nSPS) is 11.6. The van der Waals surface area contributed by atoms with E-state index < -0.39 is 5.41 Å². The number of rotatable bonds is 4. The smallest absolute Gasteiger partial charge is 0.121 e. The third kappa shape index (κ3) is 4.16. The molecule has 0 amide bonds. The monoisotopic (exact) mass is 466 g/mol. The highest BCUT2D eigenvalue weighted by Gasteiger charge is 2.33. The van der Waals surface area contributed by atoms with Crippen LogP contribution in [0.3, 0.4) is 0 Å². The molecule has 0 bridgehead atoms. The van der Waals surface area contributed by atoms with E-state index in [1.54, 1.807) is 0 Å². The minimum atomic E-state index is -0.508. The van der Waals surface area contributed by atoms with Crippen molar-refractivity contribution >= 4 is 0 Å². The number of hydrogen-bond acceptors (Lipinski definition) is 3. The summed E-state index contributed by atoms with van der Waals surface area (Å²) < 4.78 is 0. The minimum Gasteiger partial charge on any atom is -0.507 e. The van der Waals surface area contributed by atoms with Crippen molar-refractivity contribution in [3.05, 3.63) is 111 Å². The molecule has 4 rings (SSSR count). The fraction of sp³-hybridized carbons (Fsp3) is 0.250. The zero-order valence-electron chi connectivity index (χ0n) is 21.6. The Morgan fingerprint density at radius 3 is 1.09 bits per heavy atom. The Morgan fingerprint density at radius 2 is 0.743 bits per heavy atom. The molecule has 0 unspecified atom stereocenters. The highest BCUT2D eigenvalue weighted by Crippen LogP contribution is 2.43. The van der Waals surface area contributed by atoms with Crippen LogP contribution in [0.2, 0.25) is 0 Å². The number of hydrogen-bond donors (Lipinski definition) is 3. The van der Waals surface area contributed by atoms with Gasteiger partial charge in [0.25, 0.3) is 0 Å². The van der Waals surface area contributed by atoms with Crippen molar-refractivity contribution in [2.45, 2.75) is 53.9 Å². The molecular formula is C32H34O3. The molecule has 0 spiro atoms. The SMILES string of the molecule is Cc1cc(-c2ccc(C(C)(c3cc(C)c(O)c(C)c3)c3cc(C)c(O)c(C)c3)cc2)cc(C)c1O. The van der Waals surface area contributed by atoms with Crippen LogP contribution in [0.1, 0.15) is 57.0 Å². The van der Waals surface area contributed by atoms with Crippen molar-refractivity contribution < 1.29 is 15.3 Å². The third-order valence-electron chi connectivity index (χ3n) is 7.42. The van der Waals surface area contributed by atoms with Gasteiger partial charge in [0, 0.05) is 5.41 Å². The van der Waals surface area contributed by atoms with Gasteiger partial charge in [0.1, 0.15) is 17.2 Å². The van der Waals surface area contributed by atoms with Gasteiger partial charge in [-0.15, -0.1) is 0 Å². The van der Waals surface area contributed by atoms with Gasteiger partial charge in [-0.1, -0.05) is 48.5 Å². The second-order valence-corrected chi connectivity index (χ2v) is 10.1. The van der Waals surface area contributed by atoms with Crippen LogP contribution in [0, 0.1) is 41.5 Å². The van der Waals surface area contributed by atoms with Crippen LogP contribution in [0.5, 0.6) is 17.2 Å². The molecule has 0 aliphatic carbocycles. The van der Waals surface area contributed by atoms with Crippen LogP contribution in [0.4, 0.5) is 0 Å². The summed E-state index contributed by atoms with van der Waals surface area (Å²) in [7, 11) is 0. The molecule has 0 saturated heterocycles. The van der Waals surface area contributed by atoms with Gasteiger partial charge in [-0.25, -0.2) is 0 Å². The fourth-order valence-corrected chi connectivity index (χ4v) is 5.11. The summed E-state index contributed by atoms with van der Waals surface area (Å²) in [5.74, 6) is 0.985. The molecule has 0 radical (unpaired) electrons. The van der Waals surface area contributed by atoms with Gasteiger partial charge in [0.05, 0.1) is 0 Å². The third-order valence-corrected chi connectivity index (χ3v) is 7.42. The Bertz CT molecular complexity index is 1300. The quantitative estimate of drug-likeness (QED) is 0.270. The van der Waals surface area contributed by atoms with Crippen molar-refractivity contribution in [1.29, 1.82) is 0 Å². The molecule has 3 heteroatoms. The molecule has 0 aromatic heterocycles. The van der Waals surface area contributed by atoms with Crippen LogP contribution >= 0.6 is 0 Å². The predicted octanol–water partition coefficient (Wildman–Crippen LogP) is 7.68. The van der Waals surface area contributed by atoms with E-state index in [9.17, 15) is 15.3 Å². The van der Waals surface area contributed by atoms with Crippen LogP contribution < -0.4 is 0 Å². The fourth-order valence-electron chi connectivity index (χ4n) is 5.11. The van der Waals surface area contributed by atoms with Gasteiger partial charge in [0.15, 0.2) is 0 Å².